The van der Waals surface area contributed by atoms with E-state index in [1.165, 1.54) is 13.3 Å². The lowest BCUT2D eigenvalue weighted by molar-refractivity contribution is -0.141. The molecule has 0 saturated carbocycles. The number of anilines is 1. The Balaban J connectivity index is 2.94. The van der Waals surface area contributed by atoms with Gasteiger partial charge < -0.3 is 10.1 Å². The zero-order valence-corrected chi connectivity index (χ0v) is 13.6. The van der Waals surface area contributed by atoms with E-state index in [1.54, 1.807) is 0 Å². The maximum Gasteiger partial charge on any atom is 0.327 e. The Morgan fingerprint density at radius 1 is 1.48 bits per heavy atom. The van der Waals surface area contributed by atoms with Gasteiger partial charge in [-0.05, 0) is 12.8 Å². The van der Waals surface area contributed by atoms with Crippen molar-refractivity contribution in [2.45, 2.75) is 46.2 Å². The first-order valence-corrected chi connectivity index (χ1v) is 7.41. The summed E-state index contributed by atoms with van der Waals surface area (Å²) in [5.74, 6) is -0.0645. The lowest BCUT2D eigenvalue weighted by Crippen LogP contribution is -2.30. The maximum absolute atomic E-state index is 12.1. The van der Waals surface area contributed by atoms with Gasteiger partial charge in [0.15, 0.2) is 0 Å². The Hall–Kier alpha value is -1.56. The molecule has 6 nitrogen and oxygen atoms in total. The van der Waals surface area contributed by atoms with Crippen LogP contribution in [-0.4, -0.2) is 28.9 Å². The van der Waals surface area contributed by atoms with Crippen LogP contribution in [0.4, 0.5) is 5.69 Å². The van der Waals surface area contributed by atoms with E-state index in [1.807, 2.05) is 6.92 Å². The van der Waals surface area contributed by atoms with Crippen molar-refractivity contribution in [1.82, 2.24) is 9.78 Å². The third-order valence-corrected chi connectivity index (χ3v) is 4.00. The molecule has 118 valence electrons. The normalized spacial score (nSPS) is 12.3. The highest BCUT2D eigenvalue weighted by molar-refractivity contribution is 6.32. The molecule has 1 N–H and O–H groups in total. The fraction of sp³-hybridized carbons (Fsp3) is 0.643. The van der Waals surface area contributed by atoms with Gasteiger partial charge in [0.25, 0.3) is 5.56 Å². The smallest absolute Gasteiger partial charge is 0.327 e. The highest BCUT2D eigenvalue weighted by atomic mass is 35.5. The number of methoxy groups -OCH3 is 1. The van der Waals surface area contributed by atoms with Crippen LogP contribution in [0.15, 0.2) is 11.0 Å². The van der Waals surface area contributed by atoms with E-state index >= 15 is 0 Å². The van der Waals surface area contributed by atoms with Crippen molar-refractivity contribution < 1.29 is 9.53 Å². The number of ether oxygens (including phenoxy) is 1. The van der Waals surface area contributed by atoms with Crippen molar-refractivity contribution in [2.24, 2.45) is 5.92 Å². The summed E-state index contributed by atoms with van der Waals surface area (Å²) in [7, 11) is 1.25. The van der Waals surface area contributed by atoms with Crippen molar-refractivity contribution in [2.75, 3.05) is 12.4 Å². The molecule has 0 spiro atoms. The fourth-order valence-corrected chi connectivity index (χ4v) is 2.42. The molecule has 7 heteroatoms. The van der Waals surface area contributed by atoms with Gasteiger partial charge in [-0.1, -0.05) is 38.3 Å². The van der Waals surface area contributed by atoms with Gasteiger partial charge in [-0.2, -0.15) is 5.10 Å². The summed E-state index contributed by atoms with van der Waals surface area (Å²) >= 11 is 6.07. The van der Waals surface area contributed by atoms with Crippen LogP contribution in [0, 0.1) is 5.92 Å². The van der Waals surface area contributed by atoms with Crippen molar-refractivity contribution in [3.63, 3.8) is 0 Å². The topological polar surface area (TPSA) is 73.2 Å². The fourth-order valence-electron chi connectivity index (χ4n) is 2.22. The number of halogens is 1. The van der Waals surface area contributed by atoms with Gasteiger partial charge in [0.1, 0.15) is 11.6 Å². The average Bonchev–Trinajstić information content (AvgIpc) is 2.48. The molecule has 0 amide bonds. The van der Waals surface area contributed by atoms with Crippen molar-refractivity contribution in [3.8, 4) is 0 Å². The Morgan fingerprint density at radius 2 is 2.10 bits per heavy atom. The predicted molar refractivity (Wildman–Crippen MR) is 82.7 cm³/mol. The summed E-state index contributed by atoms with van der Waals surface area (Å²) in [5, 5.41) is 7.20. The van der Waals surface area contributed by atoms with Crippen LogP contribution in [-0.2, 0) is 16.1 Å². The molecular formula is C14H22ClN3O3. The second-order valence-electron chi connectivity index (χ2n) is 4.92. The Morgan fingerprint density at radius 3 is 2.62 bits per heavy atom. The molecule has 1 aromatic rings. The summed E-state index contributed by atoms with van der Waals surface area (Å²) in [6.07, 6.45) is 3.54. The third-order valence-electron chi connectivity index (χ3n) is 3.63. The molecule has 1 rings (SSSR count). The molecule has 0 radical (unpaired) electrons. The Labute approximate surface area is 129 Å². The summed E-state index contributed by atoms with van der Waals surface area (Å²) in [6, 6.07) is 0.176. The molecule has 0 aliphatic carbocycles. The molecule has 0 bridgehead atoms. The van der Waals surface area contributed by atoms with E-state index in [4.69, 9.17) is 11.6 Å². The lowest BCUT2D eigenvalue weighted by atomic mass is 9.95. The standard InChI is InChI=1S/C14H22ClN3O3/c1-5-10(6-2)9(3)17-11-7-16-18(8-12(19)21-4)14(20)13(11)15/h7,9-10,17H,5-6,8H2,1-4H3. The number of rotatable bonds is 7. The molecule has 0 saturated heterocycles. The molecule has 1 unspecified atom stereocenters. The van der Waals surface area contributed by atoms with Gasteiger partial charge in [-0.3, -0.25) is 9.59 Å². The van der Waals surface area contributed by atoms with Crippen LogP contribution in [0.5, 0.6) is 0 Å². The van der Waals surface area contributed by atoms with E-state index in [0.29, 0.717) is 11.6 Å². The minimum atomic E-state index is -0.549. The monoisotopic (exact) mass is 315 g/mol. The predicted octanol–water partition coefficient (Wildman–Crippen LogP) is 2.31. The van der Waals surface area contributed by atoms with E-state index < -0.39 is 11.5 Å². The minimum absolute atomic E-state index is 0.0340. The summed E-state index contributed by atoms with van der Waals surface area (Å²) < 4.78 is 5.49. The first-order chi connectivity index (χ1) is 9.94. The second-order valence-corrected chi connectivity index (χ2v) is 5.30. The zero-order chi connectivity index (χ0) is 16.0. The third kappa shape index (κ3) is 4.46. The molecular weight excluding hydrogens is 294 g/mol. The summed E-state index contributed by atoms with van der Waals surface area (Å²) in [4.78, 5) is 23.2. The highest BCUT2D eigenvalue weighted by Gasteiger charge is 2.17. The number of nitrogens with one attached hydrogen (secondary N) is 1. The van der Waals surface area contributed by atoms with Crippen LogP contribution in [0.25, 0.3) is 0 Å². The molecule has 21 heavy (non-hydrogen) atoms. The van der Waals surface area contributed by atoms with Gasteiger partial charge in [-0.15, -0.1) is 0 Å². The average molecular weight is 316 g/mol. The Kier molecular flexibility index (Phi) is 6.68. The van der Waals surface area contributed by atoms with Crippen molar-refractivity contribution >= 4 is 23.3 Å². The van der Waals surface area contributed by atoms with Crippen LogP contribution >= 0.6 is 11.6 Å². The molecule has 0 fully saturated rings. The molecule has 0 aromatic carbocycles. The number of hydrogen-bond donors (Lipinski definition) is 1. The van der Waals surface area contributed by atoms with Gasteiger partial charge in [0.2, 0.25) is 0 Å². The molecule has 1 aromatic heterocycles. The van der Waals surface area contributed by atoms with Gasteiger partial charge >= 0.3 is 5.97 Å². The van der Waals surface area contributed by atoms with Gasteiger partial charge in [0, 0.05) is 6.04 Å². The van der Waals surface area contributed by atoms with Crippen molar-refractivity contribution in [3.05, 3.63) is 21.6 Å². The van der Waals surface area contributed by atoms with Gasteiger partial charge in [-0.25, -0.2) is 4.68 Å². The molecule has 1 heterocycles. The number of esters is 1. The SMILES string of the molecule is CCC(CC)C(C)Nc1cnn(CC(=O)OC)c(=O)c1Cl. The summed E-state index contributed by atoms with van der Waals surface area (Å²) in [5.41, 5.74) is -0.0222. The van der Waals surface area contributed by atoms with Crippen molar-refractivity contribution in [1.29, 1.82) is 0 Å². The van der Waals surface area contributed by atoms with Crippen LogP contribution in [0.3, 0.4) is 0 Å². The van der Waals surface area contributed by atoms with Gasteiger partial charge in [0.05, 0.1) is 19.0 Å². The van der Waals surface area contributed by atoms with Crippen LogP contribution < -0.4 is 10.9 Å². The number of carbonyl (C=O) groups excluding carboxylic acids is 1. The maximum atomic E-state index is 12.1. The Bertz CT molecular complexity index is 541. The van der Waals surface area contributed by atoms with E-state index in [2.05, 4.69) is 29.0 Å². The number of hydrogen-bond acceptors (Lipinski definition) is 5. The van der Waals surface area contributed by atoms with E-state index in [0.717, 1.165) is 17.5 Å². The molecule has 0 aliphatic rings. The molecule has 1 atom stereocenters. The van der Waals surface area contributed by atoms with E-state index in [-0.39, 0.29) is 17.6 Å². The molecule has 0 aliphatic heterocycles. The highest BCUT2D eigenvalue weighted by Crippen LogP contribution is 2.21. The quantitative estimate of drug-likeness (QED) is 0.782. The first kappa shape index (κ1) is 17.5. The number of carbonyl (C=O) groups is 1. The summed E-state index contributed by atoms with van der Waals surface area (Å²) in [6.45, 7) is 6.05. The first-order valence-electron chi connectivity index (χ1n) is 7.03. The second kappa shape index (κ2) is 8.02. The van der Waals surface area contributed by atoms with Crippen LogP contribution in [0.1, 0.15) is 33.6 Å². The number of nitrogens with zero attached hydrogens (tertiary/aromatic N) is 2. The largest absolute Gasteiger partial charge is 0.468 e. The zero-order valence-electron chi connectivity index (χ0n) is 12.9. The number of aromatic nitrogens is 2. The van der Waals surface area contributed by atoms with Crippen LogP contribution in [0.2, 0.25) is 5.02 Å². The van der Waals surface area contributed by atoms with E-state index in [9.17, 15) is 9.59 Å². The lowest BCUT2D eigenvalue weighted by Gasteiger charge is -2.23. The minimum Gasteiger partial charge on any atom is -0.468 e.